The lowest BCUT2D eigenvalue weighted by molar-refractivity contribution is -0.384. The zero-order chi connectivity index (χ0) is 17.0. The van der Waals surface area contributed by atoms with Crippen LogP contribution in [0.25, 0.3) is 0 Å². The first-order valence-electron chi connectivity index (χ1n) is 7.52. The Balaban J connectivity index is 0.00000288. The Kier molecular flexibility index (Phi) is 7.72. The van der Waals surface area contributed by atoms with Crippen LogP contribution in [0.4, 0.5) is 11.4 Å². The second-order valence-corrected chi connectivity index (χ2v) is 5.85. The quantitative estimate of drug-likeness (QED) is 0.605. The molecule has 1 aliphatic heterocycles. The Bertz CT molecular complexity index is 613. The van der Waals surface area contributed by atoms with Crippen LogP contribution in [0.3, 0.4) is 0 Å². The number of nitro benzene ring substituents is 1. The van der Waals surface area contributed by atoms with Crippen LogP contribution in [0.15, 0.2) is 12.1 Å². The highest BCUT2D eigenvalue weighted by atomic mass is 35.5. The molecule has 1 atom stereocenters. The largest absolute Gasteiger partial charge is 0.494 e. The van der Waals surface area contributed by atoms with Gasteiger partial charge in [0, 0.05) is 12.5 Å². The van der Waals surface area contributed by atoms with Gasteiger partial charge in [0.05, 0.1) is 23.8 Å². The van der Waals surface area contributed by atoms with Crippen molar-refractivity contribution in [3.63, 3.8) is 0 Å². The zero-order valence-corrected chi connectivity index (χ0v) is 15.2. The number of halogens is 2. The predicted octanol–water partition coefficient (Wildman–Crippen LogP) is 3.49. The molecule has 1 saturated heterocycles. The van der Waals surface area contributed by atoms with Gasteiger partial charge >= 0.3 is 0 Å². The lowest BCUT2D eigenvalue weighted by Crippen LogP contribution is -2.32. The number of nitrogens with zero attached hydrogens (tertiary/aromatic N) is 2. The molecule has 1 heterocycles. The molecule has 9 heteroatoms. The van der Waals surface area contributed by atoms with E-state index in [2.05, 4.69) is 17.1 Å². The molecule has 134 valence electrons. The summed E-state index contributed by atoms with van der Waals surface area (Å²) in [6.07, 6.45) is 2.48. The van der Waals surface area contributed by atoms with Gasteiger partial charge in [0.15, 0.2) is 0 Å². The number of hydrogen-bond acceptors (Lipinski definition) is 5. The van der Waals surface area contributed by atoms with Crippen molar-refractivity contribution in [3.05, 3.63) is 27.3 Å². The molecular formula is C15H21Cl2N3O4. The summed E-state index contributed by atoms with van der Waals surface area (Å²) in [7, 11) is 1.39. The van der Waals surface area contributed by atoms with Gasteiger partial charge in [-0.1, -0.05) is 18.5 Å². The van der Waals surface area contributed by atoms with Crippen molar-refractivity contribution in [1.29, 1.82) is 0 Å². The first kappa shape index (κ1) is 20.5. The number of carbonyl (C=O) groups is 1. The molecule has 0 aliphatic carbocycles. The van der Waals surface area contributed by atoms with E-state index in [0.717, 1.165) is 25.9 Å². The number of ether oxygens (including phenoxy) is 1. The minimum absolute atomic E-state index is 0. The molecule has 1 aromatic rings. The Labute approximate surface area is 151 Å². The SMILES string of the molecule is CCN1CCCC1CC(=O)Nc1cc(Cl)c([N+](=O)[O-])cc1OC.Cl. The molecule has 1 N–H and O–H groups in total. The van der Waals surface area contributed by atoms with Gasteiger partial charge in [-0.2, -0.15) is 0 Å². The second-order valence-electron chi connectivity index (χ2n) is 5.44. The minimum Gasteiger partial charge on any atom is -0.494 e. The number of amides is 1. The van der Waals surface area contributed by atoms with Gasteiger partial charge in [-0.05, 0) is 32.0 Å². The van der Waals surface area contributed by atoms with E-state index >= 15 is 0 Å². The van der Waals surface area contributed by atoms with Gasteiger partial charge in [0.1, 0.15) is 10.8 Å². The molecule has 1 aliphatic rings. The monoisotopic (exact) mass is 377 g/mol. The highest BCUT2D eigenvalue weighted by Crippen LogP contribution is 2.36. The molecule has 1 fully saturated rings. The van der Waals surface area contributed by atoms with E-state index in [4.69, 9.17) is 16.3 Å². The third-order valence-electron chi connectivity index (χ3n) is 4.07. The van der Waals surface area contributed by atoms with E-state index in [1.807, 2.05) is 0 Å². The normalized spacial score (nSPS) is 17.2. The van der Waals surface area contributed by atoms with Crippen molar-refractivity contribution in [2.75, 3.05) is 25.5 Å². The maximum Gasteiger partial charge on any atom is 0.291 e. The van der Waals surface area contributed by atoms with Gasteiger partial charge in [-0.3, -0.25) is 14.9 Å². The Morgan fingerprint density at radius 2 is 2.25 bits per heavy atom. The lowest BCUT2D eigenvalue weighted by atomic mass is 10.1. The number of anilines is 1. The molecule has 1 amide bonds. The van der Waals surface area contributed by atoms with Gasteiger partial charge in [-0.25, -0.2) is 0 Å². The summed E-state index contributed by atoms with van der Waals surface area (Å²) in [5.74, 6) is 0.0618. The van der Waals surface area contributed by atoms with Gasteiger partial charge in [-0.15, -0.1) is 12.4 Å². The van der Waals surface area contributed by atoms with Crippen LogP contribution in [-0.2, 0) is 4.79 Å². The van der Waals surface area contributed by atoms with Crippen molar-refractivity contribution in [3.8, 4) is 5.75 Å². The number of likely N-dealkylation sites (tertiary alicyclic amines) is 1. The molecule has 0 bridgehead atoms. The molecule has 0 radical (unpaired) electrons. The summed E-state index contributed by atoms with van der Waals surface area (Å²) in [5, 5.41) is 13.6. The number of nitro groups is 1. The summed E-state index contributed by atoms with van der Waals surface area (Å²) < 4.78 is 5.12. The molecule has 1 aromatic carbocycles. The lowest BCUT2D eigenvalue weighted by Gasteiger charge is -2.22. The van der Waals surface area contributed by atoms with Crippen LogP contribution in [0.2, 0.25) is 5.02 Å². The summed E-state index contributed by atoms with van der Waals surface area (Å²) in [4.78, 5) is 24.8. The van der Waals surface area contributed by atoms with Crippen molar-refractivity contribution in [2.24, 2.45) is 0 Å². The Morgan fingerprint density at radius 3 is 2.83 bits per heavy atom. The standard InChI is InChI=1S/C15H20ClN3O4.ClH/c1-3-18-6-4-5-10(18)7-15(20)17-12-8-11(16)13(19(21)22)9-14(12)23-2;/h8-10H,3-7H2,1-2H3,(H,17,20);1H. The average molecular weight is 378 g/mol. The molecule has 7 nitrogen and oxygen atoms in total. The number of hydrogen-bond donors (Lipinski definition) is 1. The number of carbonyl (C=O) groups excluding carboxylic acids is 1. The number of methoxy groups -OCH3 is 1. The number of nitrogens with one attached hydrogen (secondary N) is 1. The topological polar surface area (TPSA) is 84.7 Å². The van der Waals surface area contributed by atoms with E-state index in [1.54, 1.807) is 0 Å². The Morgan fingerprint density at radius 1 is 1.54 bits per heavy atom. The first-order chi connectivity index (χ1) is 11.0. The van der Waals surface area contributed by atoms with Crippen LogP contribution < -0.4 is 10.1 Å². The van der Waals surface area contributed by atoms with Crippen LogP contribution in [0, 0.1) is 10.1 Å². The van der Waals surface area contributed by atoms with E-state index in [1.165, 1.54) is 19.2 Å². The van der Waals surface area contributed by atoms with E-state index in [0.29, 0.717) is 12.1 Å². The van der Waals surface area contributed by atoms with Crippen LogP contribution in [0.5, 0.6) is 5.75 Å². The zero-order valence-electron chi connectivity index (χ0n) is 13.6. The smallest absolute Gasteiger partial charge is 0.291 e. The second kappa shape index (κ2) is 9.05. The molecule has 2 rings (SSSR count). The number of benzene rings is 1. The van der Waals surface area contributed by atoms with Gasteiger partial charge < -0.3 is 15.0 Å². The third kappa shape index (κ3) is 4.72. The van der Waals surface area contributed by atoms with Crippen molar-refractivity contribution >= 4 is 41.3 Å². The van der Waals surface area contributed by atoms with E-state index < -0.39 is 4.92 Å². The maximum absolute atomic E-state index is 12.3. The Hall–Kier alpha value is -1.57. The molecular weight excluding hydrogens is 357 g/mol. The van der Waals surface area contributed by atoms with Crippen LogP contribution in [0.1, 0.15) is 26.2 Å². The van der Waals surface area contributed by atoms with E-state index in [9.17, 15) is 14.9 Å². The maximum atomic E-state index is 12.3. The highest BCUT2D eigenvalue weighted by Gasteiger charge is 2.26. The van der Waals surface area contributed by atoms with Crippen LogP contribution >= 0.6 is 24.0 Å². The average Bonchev–Trinajstić information content (AvgIpc) is 2.94. The summed E-state index contributed by atoms with van der Waals surface area (Å²) in [5.41, 5.74) is 0.0867. The first-order valence-corrected chi connectivity index (χ1v) is 7.89. The van der Waals surface area contributed by atoms with Crippen molar-refractivity contribution < 1.29 is 14.5 Å². The fraction of sp³-hybridized carbons (Fsp3) is 0.533. The fourth-order valence-corrected chi connectivity index (χ4v) is 3.14. The summed E-state index contributed by atoms with van der Waals surface area (Å²) >= 11 is 5.90. The van der Waals surface area contributed by atoms with Crippen molar-refractivity contribution in [2.45, 2.75) is 32.2 Å². The fourth-order valence-electron chi connectivity index (χ4n) is 2.91. The summed E-state index contributed by atoms with van der Waals surface area (Å²) in [6.45, 7) is 4.01. The molecule has 24 heavy (non-hydrogen) atoms. The van der Waals surface area contributed by atoms with Gasteiger partial charge in [0.25, 0.3) is 5.69 Å². The van der Waals surface area contributed by atoms with Crippen LogP contribution in [-0.4, -0.2) is 42.0 Å². The predicted molar refractivity (Wildman–Crippen MR) is 95.4 cm³/mol. The molecule has 0 saturated carbocycles. The summed E-state index contributed by atoms with van der Waals surface area (Å²) in [6, 6.07) is 2.80. The van der Waals surface area contributed by atoms with E-state index in [-0.39, 0.29) is 40.8 Å². The molecule has 0 spiro atoms. The third-order valence-corrected chi connectivity index (χ3v) is 4.37. The molecule has 1 unspecified atom stereocenters. The van der Waals surface area contributed by atoms with Crippen molar-refractivity contribution in [1.82, 2.24) is 4.90 Å². The molecule has 0 aromatic heterocycles. The number of rotatable bonds is 6. The minimum atomic E-state index is -0.589. The van der Waals surface area contributed by atoms with Gasteiger partial charge in [0.2, 0.25) is 5.91 Å². The highest BCUT2D eigenvalue weighted by molar-refractivity contribution is 6.33.